The molecule has 0 saturated carbocycles. The van der Waals surface area contributed by atoms with Crippen LogP contribution in [0.4, 0.5) is 8.78 Å². The highest BCUT2D eigenvalue weighted by Gasteiger charge is 2.18. The lowest BCUT2D eigenvalue weighted by Gasteiger charge is -2.16. The first-order valence-corrected chi connectivity index (χ1v) is 6.68. The minimum Gasteiger partial charge on any atom is -0.295 e. The zero-order chi connectivity index (χ0) is 15.4. The smallest absolute Gasteiger partial charge is 0.182 e. The van der Waals surface area contributed by atoms with E-state index in [1.165, 1.54) is 6.07 Å². The average Bonchev–Trinajstić information content (AvgIpc) is 2.38. The number of carbonyl (C=O) groups excluding carboxylic acids is 1. The van der Waals surface area contributed by atoms with Crippen LogP contribution in [0.1, 0.15) is 21.5 Å². The third kappa shape index (κ3) is 3.95. The molecule has 0 fully saturated rings. The Morgan fingerprint density at radius 2 is 1.71 bits per heavy atom. The maximum absolute atomic E-state index is 13.6. The van der Waals surface area contributed by atoms with Gasteiger partial charge in [-0.05, 0) is 31.7 Å². The van der Waals surface area contributed by atoms with Gasteiger partial charge in [0.05, 0.1) is 12.1 Å². The number of aryl methyl sites for hydroxylation is 1. The number of Topliss-reactive ketones (excluding diaryl/α,β-unsaturated/α-hetero) is 1. The maximum atomic E-state index is 13.6. The van der Waals surface area contributed by atoms with Crippen molar-refractivity contribution in [1.82, 2.24) is 4.90 Å². The molecule has 2 rings (SSSR count). The van der Waals surface area contributed by atoms with Crippen LogP contribution in [-0.2, 0) is 6.54 Å². The van der Waals surface area contributed by atoms with Crippen molar-refractivity contribution in [3.05, 3.63) is 70.8 Å². The van der Waals surface area contributed by atoms with E-state index in [0.717, 1.165) is 23.3 Å². The molecule has 2 aromatic carbocycles. The normalized spacial score (nSPS) is 10.9. The zero-order valence-corrected chi connectivity index (χ0v) is 12.1. The first-order valence-electron chi connectivity index (χ1n) is 6.68. The highest BCUT2D eigenvalue weighted by Crippen LogP contribution is 2.14. The molecule has 110 valence electrons. The van der Waals surface area contributed by atoms with Crippen LogP contribution in [0, 0.1) is 18.6 Å². The van der Waals surface area contributed by atoms with E-state index < -0.39 is 23.0 Å². The van der Waals surface area contributed by atoms with E-state index in [1.807, 2.05) is 31.2 Å². The summed E-state index contributed by atoms with van der Waals surface area (Å²) in [7, 11) is 1.75. The van der Waals surface area contributed by atoms with Crippen LogP contribution in [0.5, 0.6) is 0 Å². The number of halogens is 2. The molecule has 0 spiro atoms. The Morgan fingerprint density at radius 1 is 1.10 bits per heavy atom. The quantitative estimate of drug-likeness (QED) is 0.784. The Morgan fingerprint density at radius 3 is 2.33 bits per heavy atom. The lowest BCUT2D eigenvalue weighted by Crippen LogP contribution is -2.26. The highest BCUT2D eigenvalue weighted by atomic mass is 19.1. The largest absolute Gasteiger partial charge is 0.295 e. The summed E-state index contributed by atoms with van der Waals surface area (Å²) in [5, 5.41) is 0. The lowest BCUT2D eigenvalue weighted by atomic mass is 10.1. The summed E-state index contributed by atoms with van der Waals surface area (Å²) in [4.78, 5) is 13.8. The maximum Gasteiger partial charge on any atom is 0.182 e. The number of likely N-dealkylation sites (N-methyl/N-ethyl adjacent to an activating group) is 1. The first kappa shape index (κ1) is 15.3. The van der Waals surface area contributed by atoms with Gasteiger partial charge in [0.25, 0.3) is 0 Å². The van der Waals surface area contributed by atoms with Crippen LogP contribution in [0.2, 0.25) is 0 Å². The van der Waals surface area contributed by atoms with E-state index in [1.54, 1.807) is 11.9 Å². The second kappa shape index (κ2) is 6.59. The van der Waals surface area contributed by atoms with E-state index in [-0.39, 0.29) is 6.54 Å². The molecule has 0 amide bonds. The van der Waals surface area contributed by atoms with E-state index in [2.05, 4.69) is 0 Å². The SMILES string of the molecule is Cc1cccc(CN(C)CC(=O)c2c(F)cccc2F)c1. The van der Waals surface area contributed by atoms with Crippen molar-refractivity contribution in [2.45, 2.75) is 13.5 Å². The van der Waals surface area contributed by atoms with Gasteiger partial charge in [-0.2, -0.15) is 0 Å². The van der Waals surface area contributed by atoms with Crippen molar-refractivity contribution in [2.24, 2.45) is 0 Å². The number of benzene rings is 2. The van der Waals surface area contributed by atoms with Gasteiger partial charge in [0.15, 0.2) is 5.78 Å². The molecule has 0 aromatic heterocycles. The molecule has 4 heteroatoms. The molecule has 21 heavy (non-hydrogen) atoms. The van der Waals surface area contributed by atoms with E-state index >= 15 is 0 Å². The Balaban J connectivity index is 2.06. The molecular formula is C17H17F2NO. The van der Waals surface area contributed by atoms with Gasteiger partial charge in [-0.3, -0.25) is 9.69 Å². The summed E-state index contributed by atoms with van der Waals surface area (Å²) in [5.74, 6) is -2.19. The topological polar surface area (TPSA) is 20.3 Å². The second-order valence-corrected chi connectivity index (χ2v) is 5.18. The summed E-state index contributed by atoms with van der Waals surface area (Å²) < 4.78 is 27.1. The van der Waals surface area contributed by atoms with Gasteiger partial charge in [0.2, 0.25) is 0 Å². The molecule has 2 nitrogen and oxygen atoms in total. The number of rotatable bonds is 5. The fourth-order valence-electron chi connectivity index (χ4n) is 2.27. The van der Waals surface area contributed by atoms with Gasteiger partial charge >= 0.3 is 0 Å². The minimum absolute atomic E-state index is 0.0359. The third-order valence-electron chi connectivity index (χ3n) is 3.19. The van der Waals surface area contributed by atoms with Crippen molar-refractivity contribution in [1.29, 1.82) is 0 Å². The van der Waals surface area contributed by atoms with Crippen LogP contribution in [0.25, 0.3) is 0 Å². The number of hydrogen-bond donors (Lipinski definition) is 0. The predicted octanol–water partition coefficient (Wildman–Crippen LogP) is 3.59. The van der Waals surface area contributed by atoms with Crippen LogP contribution < -0.4 is 0 Å². The first-order chi connectivity index (χ1) is 9.97. The molecular weight excluding hydrogens is 272 g/mol. The second-order valence-electron chi connectivity index (χ2n) is 5.18. The average molecular weight is 289 g/mol. The number of ketones is 1. The summed E-state index contributed by atoms with van der Waals surface area (Å²) in [6.45, 7) is 2.50. The Hall–Kier alpha value is -2.07. The van der Waals surface area contributed by atoms with Crippen LogP contribution in [0.3, 0.4) is 0 Å². The summed E-state index contributed by atoms with van der Waals surface area (Å²) in [6.07, 6.45) is 0. The van der Waals surface area contributed by atoms with Gasteiger partial charge < -0.3 is 0 Å². The van der Waals surface area contributed by atoms with Gasteiger partial charge in [-0.1, -0.05) is 35.9 Å². The highest BCUT2D eigenvalue weighted by molar-refractivity contribution is 5.98. The van der Waals surface area contributed by atoms with Gasteiger partial charge in [-0.15, -0.1) is 0 Å². The van der Waals surface area contributed by atoms with Gasteiger partial charge in [-0.25, -0.2) is 8.78 Å². The van der Waals surface area contributed by atoms with E-state index in [4.69, 9.17) is 0 Å². The molecule has 0 heterocycles. The van der Waals surface area contributed by atoms with Crippen molar-refractivity contribution in [3.8, 4) is 0 Å². The fraction of sp³-hybridized carbons (Fsp3) is 0.235. The Labute approximate surface area is 123 Å². The fourth-order valence-corrected chi connectivity index (χ4v) is 2.27. The number of carbonyl (C=O) groups is 1. The van der Waals surface area contributed by atoms with Gasteiger partial charge in [0, 0.05) is 6.54 Å². The van der Waals surface area contributed by atoms with Crippen LogP contribution >= 0.6 is 0 Å². The monoisotopic (exact) mass is 289 g/mol. The predicted molar refractivity (Wildman–Crippen MR) is 78.2 cm³/mol. The number of nitrogens with zero attached hydrogens (tertiary/aromatic N) is 1. The Bertz CT molecular complexity index is 635. The molecule has 0 aliphatic rings. The zero-order valence-electron chi connectivity index (χ0n) is 12.1. The van der Waals surface area contributed by atoms with Gasteiger partial charge in [0.1, 0.15) is 11.6 Å². The summed E-state index contributed by atoms with van der Waals surface area (Å²) in [5.41, 5.74) is 1.72. The molecule has 0 atom stereocenters. The number of hydrogen-bond acceptors (Lipinski definition) is 2. The van der Waals surface area contributed by atoms with E-state index in [9.17, 15) is 13.6 Å². The summed E-state index contributed by atoms with van der Waals surface area (Å²) in [6, 6.07) is 11.3. The molecule has 0 radical (unpaired) electrons. The minimum atomic E-state index is -0.816. The van der Waals surface area contributed by atoms with Crippen LogP contribution in [-0.4, -0.2) is 24.3 Å². The molecule has 0 N–H and O–H groups in total. The molecule has 0 unspecified atom stereocenters. The lowest BCUT2D eigenvalue weighted by molar-refractivity contribution is 0.0934. The Kier molecular flexibility index (Phi) is 4.81. The van der Waals surface area contributed by atoms with Crippen LogP contribution in [0.15, 0.2) is 42.5 Å². The van der Waals surface area contributed by atoms with Crippen molar-refractivity contribution in [2.75, 3.05) is 13.6 Å². The standard InChI is InChI=1S/C17H17F2NO/c1-12-5-3-6-13(9-12)10-20(2)11-16(21)17-14(18)7-4-8-15(17)19/h3-9H,10-11H2,1-2H3. The molecule has 0 aliphatic carbocycles. The van der Waals surface area contributed by atoms with Crippen molar-refractivity contribution in [3.63, 3.8) is 0 Å². The van der Waals surface area contributed by atoms with E-state index in [0.29, 0.717) is 6.54 Å². The molecule has 0 aliphatic heterocycles. The third-order valence-corrected chi connectivity index (χ3v) is 3.19. The van der Waals surface area contributed by atoms with Crippen molar-refractivity contribution < 1.29 is 13.6 Å². The van der Waals surface area contributed by atoms with Crippen molar-refractivity contribution >= 4 is 5.78 Å². The molecule has 2 aromatic rings. The molecule has 0 saturated heterocycles. The summed E-state index contributed by atoms with van der Waals surface area (Å²) >= 11 is 0. The molecule has 0 bridgehead atoms.